The van der Waals surface area contributed by atoms with E-state index in [1.54, 1.807) is 18.3 Å². The summed E-state index contributed by atoms with van der Waals surface area (Å²) in [5, 5.41) is 3.12. The molecule has 0 saturated carbocycles. The summed E-state index contributed by atoms with van der Waals surface area (Å²) in [6, 6.07) is 5.14. The zero-order valence-electron chi connectivity index (χ0n) is 8.83. The molecule has 1 amide bonds. The van der Waals surface area contributed by atoms with Crippen molar-refractivity contribution in [2.24, 2.45) is 0 Å². The van der Waals surface area contributed by atoms with Crippen molar-refractivity contribution in [3.05, 3.63) is 43.8 Å². The van der Waals surface area contributed by atoms with Gasteiger partial charge in [-0.15, -0.1) is 11.3 Å². The molecule has 0 radical (unpaired) electrons. The van der Waals surface area contributed by atoms with E-state index in [0.29, 0.717) is 15.7 Å². The van der Waals surface area contributed by atoms with E-state index in [0.717, 1.165) is 9.35 Å². The first-order valence-corrected chi connectivity index (χ1v) is 6.74. The van der Waals surface area contributed by atoms with Crippen LogP contribution in [-0.4, -0.2) is 10.9 Å². The van der Waals surface area contributed by atoms with Crippen LogP contribution in [0.1, 0.15) is 15.2 Å². The zero-order chi connectivity index (χ0) is 12.4. The third-order valence-corrected chi connectivity index (χ3v) is 4.41. The quantitative estimate of drug-likeness (QED) is 0.841. The molecular weight excluding hydrogens is 324 g/mol. The van der Waals surface area contributed by atoms with E-state index < -0.39 is 0 Å². The Morgan fingerprint density at radius 2 is 2.29 bits per heavy atom. The number of aryl methyl sites for hydroxylation is 1. The van der Waals surface area contributed by atoms with Crippen LogP contribution in [0.3, 0.4) is 0 Å². The monoisotopic (exact) mass is 330 g/mol. The van der Waals surface area contributed by atoms with Crippen LogP contribution in [0.15, 0.2) is 28.2 Å². The molecule has 0 aliphatic heterocycles. The van der Waals surface area contributed by atoms with E-state index in [1.807, 2.05) is 13.0 Å². The van der Waals surface area contributed by atoms with Crippen LogP contribution in [0.4, 0.5) is 5.69 Å². The summed E-state index contributed by atoms with van der Waals surface area (Å²) >= 11 is 10.5. The number of halogens is 2. The minimum absolute atomic E-state index is 0.147. The maximum Gasteiger partial charge on any atom is 0.265 e. The average Bonchev–Trinajstić information content (AvgIpc) is 2.59. The van der Waals surface area contributed by atoms with Gasteiger partial charge in [-0.1, -0.05) is 11.6 Å². The van der Waals surface area contributed by atoms with Gasteiger partial charge < -0.3 is 5.32 Å². The normalized spacial score (nSPS) is 10.3. The second-order valence-corrected chi connectivity index (χ2v) is 6.15. The lowest BCUT2D eigenvalue weighted by molar-refractivity contribution is 0.103. The molecule has 0 aliphatic rings. The number of aromatic nitrogens is 1. The van der Waals surface area contributed by atoms with Crippen LogP contribution in [0.5, 0.6) is 0 Å². The molecule has 0 unspecified atom stereocenters. The maximum atomic E-state index is 11.9. The van der Waals surface area contributed by atoms with E-state index in [-0.39, 0.29) is 5.91 Å². The van der Waals surface area contributed by atoms with Crippen molar-refractivity contribution in [1.29, 1.82) is 0 Å². The van der Waals surface area contributed by atoms with Gasteiger partial charge >= 0.3 is 0 Å². The van der Waals surface area contributed by atoms with Crippen molar-refractivity contribution in [3.8, 4) is 0 Å². The summed E-state index contributed by atoms with van der Waals surface area (Å²) in [5.74, 6) is -0.147. The molecule has 88 valence electrons. The van der Waals surface area contributed by atoms with E-state index in [9.17, 15) is 4.79 Å². The van der Waals surface area contributed by atoms with Gasteiger partial charge in [0.15, 0.2) is 0 Å². The predicted octanol–water partition coefficient (Wildman–Crippen LogP) is 4.12. The lowest BCUT2D eigenvalue weighted by Gasteiger charge is -2.02. The molecule has 1 N–H and O–H groups in total. The SMILES string of the molecule is Cc1cc(C(=O)Nc2ccnc(Cl)c2)sc1Br. The number of pyridine rings is 1. The highest BCUT2D eigenvalue weighted by molar-refractivity contribution is 9.11. The molecule has 0 atom stereocenters. The molecule has 0 spiro atoms. The molecule has 0 aromatic carbocycles. The molecule has 0 bridgehead atoms. The number of rotatable bonds is 2. The molecule has 6 heteroatoms. The Hall–Kier alpha value is -0.910. The molecule has 2 aromatic rings. The van der Waals surface area contributed by atoms with Gasteiger partial charge in [-0.25, -0.2) is 4.98 Å². The summed E-state index contributed by atoms with van der Waals surface area (Å²) in [4.78, 5) is 16.4. The number of hydrogen-bond donors (Lipinski definition) is 1. The summed E-state index contributed by atoms with van der Waals surface area (Å²) in [6.45, 7) is 1.95. The minimum atomic E-state index is -0.147. The Labute approximate surface area is 116 Å². The molecule has 3 nitrogen and oxygen atoms in total. The first-order chi connectivity index (χ1) is 8.06. The fourth-order valence-electron chi connectivity index (χ4n) is 1.24. The number of carbonyl (C=O) groups is 1. The van der Waals surface area contributed by atoms with E-state index in [1.165, 1.54) is 11.3 Å². The van der Waals surface area contributed by atoms with Crippen LogP contribution < -0.4 is 5.32 Å². The van der Waals surface area contributed by atoms with Crippen molar-refractivity contribution >= 4 is 50.5 Å². The van der Waals surface area contributed by atoms with Crippen LogP contribution >= 0.6 is 38.9 Å². The highest BCUT2D eigenvalue weighted by Gasteiger charge is 2.11. The van der Waals surface area contributed by atoms with Crippen molar-refractivity contribution in [2.45, 2.75) is 6.92 Å². The summed E-state index contributed by atoms with van der Waals surface area (Å²) < 4.78 is 0.968. The molecular formula is C11H8BrClN2OS. The molecule has 0 fully saturated rings. The fourth-order valence-corrected chi connectivity index (χ4v) is 2.85. The van der Waals surface area contributed by atoms with Gasteiger partial charge in [-0.3, -0.25) is 4.79 Å². The molecule has 17 heavy (non-hydrogen) atoms. The zero-order valence-corrected chi connectivity index (χ0v) is 12.0. The van der Waals surface area contributed by atoms with Crippen LogP contribution in [-0.2, 0) is 0 Å². The Balaban J connectivity index is 2.17. The van der Waals surface area contributed by atoms with Gasteiger partial charge in [0.1, 0.15) is 5.15 Å². The number of hydrogen-bond acceptors (Lipinski definition) is 3. The third kappa shape index (κ3) is 3.06. The first kappa shape index (κ1) is 12.5. The van der Waals surface area contributed by atoms with Crippen molar-refractivity contribution in [3.63, 3.8) is 0 Å². The van der Waals surface area contributed by atoms with E-state index in [2.05, 4.69) is 26.2 Å². The summed E-state index contributed by atoms with van der Waals surface area (Å²) in [7, 11) is 0. The topological polar surface area (TPSA) is 42.0 Å². The smallest absolute Gasteiger partial charge is 0.265 e. The van der Waals surface area contributed by atoms with Gasteiger partial charge in [-0.05, 0) is 46.6 Å². The van der Waals surface area contributed by atoms with Crippen LogP contribution in [0.2, 0.25) is 5.15 Å². The first-order valence-electron chi connectivity index (χ1n) is 4.75. The van der Waals surface area contributed by atoms with Crippen molar-refractivity contribution in [1.82, 2.24) is 4.98 Å². The number of nitrogens with zero attached hydrogens (tertiary/aromatic N) is 1. The molecule has 2 rings (SSSR count). The maximum absolute atomic E-state index is 11.9. The summed E-state index contributed by atoms with van der Waals surface area (Å²) in [6.07, 6.45) is 1.55. The number of amides is 1. The molecule has 0 saturated heterocycles. The lowest BCUT2D eigenvalue weighted by Crippen LogP contribution is -2.10. The highest BCUT2D eigenvalue weighted by atomic mass is 79.9. The average molecular weight is 332 g/mol. The standard InChI is InChI=1S/C11H8BrClN2OS/c1-6-4-8(17-10(6)12)11(16)15-7-2-3-14-9(13)5-7/h2-5H,1H3,(H,14,15,16). The van der Waals surface area contributed by atoms with Crippen molar-refractivity contribution < 1.29 is 4.79 Å². The number of carbonyl (C=O) groups excluding carboxylic acids is 1. The van der Waals surface area contributed by atoms with Gasteiger partial charge in [0.2, 0.25) is 0 Å². The highest BCUT2D eigenvalue weighted by Crippen LogP contribution is 2.27. The lowest BCUT2D eigenvalue weighted by atomic mass is 10.3. The van der Waals surface area contributed by atoms with E-state index >= 15 is 0 Å². The molecule has 2 heterocycles. The Kier molecular flexibility index (Phi) is 3.81. The number of thiophene rings is 1. The molecule has 2 aromatic heterocycles. The van der Waals surface area contributed by atoms with Crippen LogP contribution in [0.25, 0.3) is 0 Å². The van der Waals surface area contributed by atoms with Crippen LogP contribution in [0, 0.1) is 6.92 Å². The van der Waals surface area contributed by atoms with Gasteiger partial charge in [0.05, 0.1) is 8.66 Å². The Morgan fingerprint density at radius 1 is 1.53 bits per heavy atom. The number of anilines is 1. The van der Waals surface area contributed by atoms with Gasteiger partial charge in [0.25, 0.3) is 5.91 Å². The second kappa shape index (κ2) is 5.16. The summed E-state index contributed by atoms with van der Waals surface area (Å²) in [5.41, 5.74) is 1.69. The fraction of sp³-hybridized carbons (Fsp3) is 0.0909. The molecule has 0 aliphatic carbocycles. The minimum Gasteiger partial charge on any atom is -0.321 e. The predicted molar refractivity (Wildman–Crippen MR) is 74.0 cm³/mol. The van der Waals surface area contributed by atoms with Gasteiger partial charge in [-0.2, -0.15) is 0 Å². The Bertz CT molecular complexity index is 551. The third-order valence-electron chi connectivity index (χ3n) is 2.07. The largest absolute Gasteiger partial charge is 0.321 e. The van der Waals surface area contributed by atoms with Crippen molar-refractivity contribution in [2.75, 3.05) is 5.32 Å². The van der Waals surface area contributed by atoms with Gasteiger partial charge in [0, 0.05) is 11.9 Å². The van der Waals surface area contributed by atoms with E-state index in [4.69, 9.17) is 11.6 Å². The Morgan fingerprint density at radius 3 is 2.88 bits per heavy atom. The number of nitrogens with one attached hydrogen (secondary N) is 1. The second-order valence-electron chi connectivity index (χ2n) is 3.39.